The van der Waals surface area contributed by atoms with E-state index in [9.17, 15) is 13.2 Å². The molecule has 0 aromatic carbocycles. The molecule has 0 spiro atoms. The van der Waals surface area contributed by atoms with E-state index in [1.54, 1.807) is 0 Å². The van der Waals surface area contributed by atoms with Crippen LogP contribution in [0.5, 0.6) is 0 Å². The number of hydrogen-bond donors (Lipinski definition) is 1. The second-order valence-electron chi connectivity index (χ2n) is 2.54. The Labute approximate surface area is 52.2 Å². The summed E-state index contributed by atoms with van der Waals surface area (Å²) in [5, 5.41) is 8.27. The number of halogens is 3. The first-order valence-electron chi connectivity index (χ1n) is 2.49. The van der Waals surface area contributed by atoms with Crippen molar-refractivity contribution in [3.63, 3.8) is 0 Å². The SMILES string of the molecule is C[PH](C)(CO)C(F)(F)F. The molecule has 0 radical (unpaired) electrons. The van der Waals surface area contributed by atoms with Gasteiger partial charge in [-0.3, -0.25) is 0 Å². The van der Waals surface area contributed by atoms with Crippen molar-refractivity contribution in [2.75, 3.05) is 19.7 Å². The summed E-state index contributed by atoms with van der Waals surface area (Å²) in [6.07, 6.45) is -0.726. The molecule has 1 nitrogen and oxygen atoms in total. The molecule has 0 rings (SSSR count). The van der Waals surface area contributed by atoms with E-state index in [0.29, 0.717) is 0 Å². The van der Waals surface area contributed by atoms with Gasteiger partial charge in [-0.05, 0) is 0 Å². The van der Waals surface area contributed by atoms with Gasteiger partial charge in [0.2, 0.25) is 0 Å². The van der Waals surface area contributed by atoms with E-state index in [1.165, 1.54) is 0 Å². The van der Waals surface area contributed by atoms with Crippen LogP contribution < -0.4 is 0 Å². The third-order valence-electron chi connectivity index (χ3n) is 1.16. The first-order valence-corrected chi connectivity index (χ1v) is 5.69. The van der Waals surface area contributed by atoms with Gasteiger partial charge in [0.25, 0.3) is 0 Å². The summed E-state index contributed by atoms with van der Waals surface area (Å²) in [5.74, 6) is -4.16. The summed E-state index contributed by atoms with van der Waals surface area (Å²) in [6, 6.07) is 0. The number of aliphatic hydroxyl groups excluding tert-OH is 1. The Kier molecular flexibility index (Phi) is 2.48. The van der Waals surface area contributed by atoms with Gasteiger partial charge in [0.1, 0.15) is 0 Å². The predicted molar refractivity (Wildman–Crippen MR) is 33.3 cm³/mol. The van der Waals surface area contributed by atoms with Gasteiger partial charge in [-0.25, -0.2) is 0 Å². The van der Waals surface area contributed by atoms with E-state index in [1.807, 2.05) is 0 Å². The molecule has 0 unspecified atom stereocenters. The van der Waals surface area contributed by atoms with Gasteiger partial charge in [0.05, 0.1) is 0 Å². The fourth-order valence-electron chi connectivity index (χ4n) is 0.0896. The van der Waals surface area contributed by atoms with Crippen LogP contribution in [0, 0.1) is 0 Å². The van der Waals surface area contributed by atoms with E-state index in [0.717, 1.165) is 13.3 Å². The van der Waals surface area contributed by atoms with Crippen LogP contribution in [0.2, 0.25) is 0 Å². The minimum atomic E-state index is -4.16. The second kappa shape index (κ2) is 2.43. The molecular formula is C4H10F3OP. The summed E-state index contributed by atoms with van der Waals surface area (Å²) in [7, 11) is -3.32. The molecule has 0 heterocycles. The fraction of sp³-hybridized carbons (Fsp3) is 1.00. The Morgan fingerprint density at radius 3 is 1.67 bits per heavy atom. The van der Waals surface area contributed by atoms with Gasteiger partial charge < -0.3 is 0 Å². The fourth-order valence-corrected chi connectivity index (χ4v) is 0.269. The van der Waals surface area contributed by atoms with Crippen molar-refractivity contribution in [2.24, 2.45) is 0 Å². The molecule has 0 aromatic heterocycles. The van der Waals surface area contributed by atoms with Crippen molar-refractivity contribution < 1.29 is 18.3 Å². The number of rotatable bonds is 1. The molecule has 5 heteroatoms. The molecule has 0 atom stereocenters. The summed E-state index contributed by atoms with van der Waals surface area (Å²) in [4.78, 5) is 0. The zero-order valence-corrected chi connectivity index (χ0v) is 6.29. The summed E-state index contributed by atoms with van der Waals surface area (Å²) < 4.78 is 35.2. The molecule has 58 valence electrons. The van der Waals surface area contributed by atoms with Gasteiger partial charge in [-0.1, -0.05) is 0 Å². The maximum atomic E-state index is 11.7. The zero-order valence-electron chi connectivity index (χ0n) is 5.29. The molecule has 0 amide bonds. The third kappa shape index (κ3) is 2.11. The quantitative estimate of drug-likeness (QED) is 0.579. The molecule has 1 N–H and O–H groups in total. The number of alkyl halides is 3. The van der Waals surface area contributed by atoms with Crippen LogP contribution in [-0.4, -0.2) is 30.7 Å². The van der Waals surface area contributed by atoms with E-state index < -0.39 is 19.5 Å². The molecule has 0 aromatic rings. The van der Waals surface area contributed by atoms with Gasteiger partial charge in [-0.2, -0.15) is 0 Å². The van der Waals surface area contributed by atoms with Crippen LogP contribution in [0.4, 0.5) is 13.2 Å². The van der Waals surface area contributed by atoms with Crippen molar-refractivity contribution in [1.29, 1.82) is 0 Å². The Morgan fingerprint density at radius 1 is 1.33 bits per heavy atom. The van der Waals surface area contributed by atoms with Crippen LogP contribution in [0.1, 0.15) is 0 Å². The molecular weight excluding hydrogens is 152 g/mol. The van der Waals surface area contributed by atoms with Gasteiger partial charge in [0.15, 0.2) is 0 Å². The van der Waals surface area contributed by atoms with Crippen molar-refractivity contribution >= 4 is 7.26 Å². The van der Waals surface area contributed by atoms with E-state index >= 15 is 0 Å². The van der Waals surface area contributed by atoms with E-state index in [2.05, 4.69) is 0 Å². The molecule has 0 aliphatic carbocycles. The van der Waals surface area contributed by atoms with Crippen molar-refractivity contribution in [1.82, 2.24) is 0 Å². The summed E-state index contributed by atoms with van der Waals surface area (Å²) >= 11 is 0. The van der Waals surface area contributed by atoms with E-state index in [-0.39, 0.29) is 0 Å². The van der Waals surface area contributed by atoms with Crippen LogP contribution in [0.25, 0.3) is 0 Å². The molecule has 0 saturated carbocycles. The zero-order chi connectivity index (χ0) is 7.71. The summed E-state index contributed by atoms with van der Waals surface area (Å²) in [5.41, 5.74) is 0. The van der Waals surface area contributed by atoms with Crippen LogP contribution in [-0.2, 0) is 0 Å². The first-order chi connectivity index (χ1) is 3.81. The molecule has 0 fully saturated rings. The topological polar surface area (TPSA) is 20.2 Å². The standard InChI is InChI=1S/C4H10F3OP/c1-9(2,3-8)4(5,6)7/h8-9H,3H2,1-2H3. The average molecular weight is 162 g/mol. The van der Waals surface area contributed by atoms with Crippen molar-refractivity contribution in [2.45, 2.75) is 5.92 Å². The monoisotopic (exact) mass is 162 g/mol. The number of aliphatic hydroxyl groups is 1. The van der Waals surface area contributed by atoms with Gasteiger partial charge in [0, 0.05) is 0 Å². The number of hydrogen-bond acceptors (Lipinski definition) is 1. The average Bonchev–Trinajstić information content (AvgIpc) is 1.64. The minimum absolute atomic E-state index is 0.726. The third-order valence-corrected chi connectivity index (χ3v) is 3.49. The maximum absolute atomic E-state index is 11.7. The van der Waals surface area contributed by atoms with Crippen LogP contribution >= 0.6 is 7.26 Å². The predicted octanol–water partition coefficient (Wildman–Crippen LogP) is 1.47. The van der Waals surface area contributed by atoms with Gasteiger partial charge >= 0.3 is 51.1 Å². The summed E-state index contributed by atoms with van der Waals surface area (Å²) in [6.45, 7) is 2.18. The normalized spacial score (nSPS) is 15.8. The first kappa shape index (κ1) is 9.18. The molecule has 9 heavy (non-hydrogen) atoms. The molecule has 0 bridgehead atoms. The molecule has 0 aliphatic rings. The second-order valence-corrected chi connectivity index (χ2v) is 7.19. The molecule has 0 saturated heterocycles. The Balaban J connectivity index is 4.14. The van der Waals surface area contributed by atoms with Crippen molar-refractivity contribution in [3.8, 4) is 0 Å². The Bertz CT molecular complexity index is 98.5. The molecule has 0 aliphatic heterocycles. The van der Waals surface area contributed by atoms with E-state index in [4.69, 9.17) is 5.11 Å². The Hall–Kier alpha value is 0.180. The Morgan fingerprint density at radius 2 is 1.67 bits per heavy atom. The van der Waals surface area contributed by atoms with Crippen LogP contribution in [0.15, 0.2) is 0 Å². The van der Waals surface area contributed by atoms with Crippen LogP contribution in [0.3, 0.4) is 0 Å². The van der Waals surface area contributed by atoms with Crippen molar-refractivity contribution in [3.05, 3.63) is 0 Å². The van der Waals surface area contributed by atoms with Gasteiger partial charge in [-0.15, -0.1) is 0 Å².